The van der Waals surface area contributed by atoms with E-state index in [2.05, 4.69) is 33.9 Å². The summed E-state index contributed by atoms with van der Waals surface area (Å²) in [5, 5.41) is 0. The Morgan fingerprint density at radius 1 is 1.27 bits per heavy atom. The fourth-order valence-electron chi connectivity index (χ4n) is 0.970. The molecule has 0 nitrogen and oxygen atoms in total. The van der Waals surface area contributed by atoms with E-state index in [9.17, 15) is 0 Å². The maximum Gasteiger partial charge on any atom is -0.0196 e. The molecule has 1 atom stereocenters. The van der Waals surface area contributed by atoms with Crippen molar-refractivity contribution in [3.05, 3.63) is 24.8 Å². The van der Waals surface area contributed by atoms with Gasteiger partial charge >= 0.3 is 0 Å². The highest BCUT2D eigenvalue weighted by atomic mass is 14.1. The van der Waals surface area contributed by atoms with Gasteiger partial charge in [-0.15, -0.1) is 0 Å². The first-order valence-electron chi connectivity index (χ1n) is 4.39. The van der Waals surface area contributed by atoms with Crippen molar-refractivity contribution in [3.8, 4) is 0 Å². The summed E-state index contributed by atoms with van der Waals surface area (Å²) in [6.07, 6.45) is 4.39. The summed E-state index contributed by atoms with van der Waals surface area (Å²) in [7, 11) is 0. The third kappa shape index (κ3) is 4.83. The highest BCUT2D eigenvalue weighted by molar-refractivity contribution is 5.13. The van der Waals surface area contributed by atoms with Crippen LogP contribution in [-0.2, 0) is 0 Å². The molecule has 0 fully saturated rings. The van der Waals surface area contributed by atoms with Crippen molar-refractivity contribution < 1.29 is 0 Å². The van der Waals surface area contributed by atoms with Crippen molar-refractivity contribution in [2.75, 3.05) is 0 Å². The zero-order chi connectivity index (χ0) is 8.85. The molecule has 0 bridgehead atoms. The highest BCUT2D eigenvalue weighted by Gasteiger charge is 2.04. The van der Waals surface area contributed by atoms with Crippen LogP contribution >= 0.6 is 0 Å². The van der Waals surface area contributed by atoms with Crippen LogP contribution in [0.5, 0.6) is 0 Å². The molecule has 1 unspecified atom stereocenters. The maximum absolute atomic E-state index is 3.93. The molecule has 0 N–H and O–H groups in total. The molecule has 0 aliphatic rings. The molecule has 0 amide bonds. The molecule has 0 aromatic rings. The van der Waals surface area contributed by atoms with Crippen LogP contribution in [0.15, 0.2) is 24.8 Å². The number of allylic oxidation sites excluding steroid dienone is 2. The summed E-state index contributed by atoms with van der Waals surface area (Å²) in [4.78, 5) is 0. The first-order chi connectivity index (χ1) is 5.07. The van der Waals surface area contributed by atoms with E-state index in [1.54, 1.807) is 0 Å². The van der Waals surface area contributed by atoms with Gasteiger partial charge in [0.15, 0.2) is 0 Å². The van der Waals surface area contributed by atoms with Crippen LogP contribution in [0.3, 0.4) is 0 Å². The second-order valence-electron chi connectivity index (χ2n) is 3.65. The summed E-state index contributed by atoms with van der Waals surface area (Å²) in [6, 6.07) is 0. The zero-order valence-corrected chi connectivity index (χ0v) is 8.06. The predicted molar refractivity (Wildman–Crippen MR) is 52.6 cm³/mol. The fourth-order valence-corrected chi connectivity index (χ4v) is 0.970. The van der Waals surface area contributed by atoms with Crippen LogP contribution in [-0.4, -0.2) is 0 Å². The van der Waals surface area contributed by atoms with Crippen molar-refractivity contribution >= 4 is 0 Å². The van der Waals surface area contributed by atoms with Gasteiger partial charge in [0, 0.05) is 0 Å². The van der Waals surface area contributed by atoms with Crippen LogP contribution < -0.4 is 0 Å². The van der Waals surface area contributed by atoms with Crippen LogP contribution in [0.4, 0.5) is 0 Å². The van der Waals surface area contributed by atoms with Gasteiger partial charge in [0.1, 0.15) is 0 Å². The largest absolute Gasteiger partial charge is 0.0988 e. The lowest BCUT2D eigenvalue weighted by Gasteiger charge is -2.12. The molecule has 0 spiro atoms. The Balaban J connectivity index is 3.60. The van der Waals surface area contributed by atoms with Gasteiger partial charge in [-0.3, -0.25) is 0 Å². The Bertz CT molecular complexity index is 131. The minimum absolute atomic E-state index is 0.606. The number of hydrogen-bond donors (Lipinski definition) is 0. The Morgan fingerprint density at radius 3 is 2.18 bits per heavy atom. The second-order valence-corrected chi connectivity index (χ2v) is 3.65. The average molecular weight is 152 g/mol. The summed E-state index contributed by atoms with van der Waals surface area (Å²) in [6.45, 7) is 14.4. The molecule has 0 heteroatoms. The van der Waals surface area contributed by atoms with E-state index in [1.807, 2.05) is 6.08 Å². The third-order valence-electron chi connectivity index (χ3n) is 2.07. The number of rotatable bonds is 5. The highest BCUT2D eigenvalue weighted by Crippen LogP contribution is 2.18. The SMILES string of the molecule is C=CC(=C)C(C)CCC(C)C. The monoisotopic (exact) mass is 152 g/mol. The van der Waals surface area contributed by atoms with Gasteiger partial charge < -0.3 is 0 Å². The molecule has 0 aromatic carbocycles. The summed E-state index contributed by atoms with van der Waals surface area (Å²) in [5.74, 6) is 1.41. The Kier molecular flexibility index (Phi) is 4.93. The Hall–Kier alpha value is -0.520. The van der Waals surface area contributed by atoms with Crippen molar-refractivity contribution in [1.82, 2.24) is 0 Å². The number of hydrogen-bond acceptors (Lipinski definition) is 0. The predicted octanol–water partition coefficient (Wildman–Crippen LogP) is 3.80. The summed E-state index contributed by atoms with van der Waals surface area (Å²) < 4.78 is 0. The molecule has 0 radical (unpaired) electrons. The van der Waals surface area contributed by atoms with Crippen molar-refractivity contribution in [2.45, 2.75) is 33.6 Å². The smallest absolute Gasteiger partial charge is 0.0196 e. The normalized spacial score (nSPS) is 13.1. The van der Waals surface area contributed by atoms with Gasteiger partial charge in [-0.2, -0.15) is 0 Å². The van der Waals surface area contributed by atoms with Crippen LogP contribution in [0.1, 0.15) is 33.6 Å². The Morgan fingerprint density at radius 2 is 1.82 bits per heavy atom. The average Bonchev–Trinajstić information content (AvgIpc) is 1.98. The molecular formula is C11H20. The second kappa shape index (κ2) is 5.17. The first-order valence-corrected chi connectivity index (χ1v) is 4.39. The molecule has 64 valence electrons. The fraction of sp³-hybridized carbons (Fsp3) is 0.636. The van der Waals surface area contributed by atoms with Gasteiger partial charge in [-0.25, -0.2) is 0 Å². The zero-order valence-electron chi connectivity index (χ0n) is 8.06. The minimum Gasteiger partial charge on any atom is -0.0988 e. The first kappa shape index (κ1) is 10.5. The van der Waals surface area contributed by atoms with Gasteiger partial charge in [-0.05, 0) is 18.3 Å². The van der Waals surface area contributed by atoms with E-state index in [0.717, 1.165) is 5.92 Å². The van der Waals surface area contributed by atoms with Gasteiger partial charge in [0.2, 0.25) is 0 Å². The van der Waals surface area contributed by atoms with Crippen molar-refractivity contribution in [1.29, 1.82) is 0 Å². The molecular weight excluding hydrogens is 132 g/mol. The molecule has 0 aromatic heterocycles. The molecule has 0 aliphatic carbocycles. The molecule has 0 rings (SSSR count). The lowest BCUT2D eigenvalue weighted by molar-refractivity contribution is 0.494. The summed E-state index contributed by atoms with van der Waals surface area (Å²) in [5.41, 5.74) is 1.17. The van der Waals surface area contributed by atoms with Gasteiger partial charge in [0.25, 0.3) is 0 Å². The van der Waals surface area contributed by atoms with E-state index in [0.29, 0.717) is 5.92 Å². The molecule has 0 heterocycles. The topological polar surface area (TPSA) is 0 Å². The van der Waals surface area contributed by atoms with Crippen LogP contribution in [0, 0.1) is 11.8 Å². The van der Waals surface area contributed by atoms with Crippen molar-refractivity contribution in [3.63, 3.8) is 0 Å². The van der Waals surface area contributed by atoms with E-state index in [1.165, 1.54) is 18.4 Å². The van der Waals surface area contributed by atoms with Crippen LogP contribution in [0.2, 0.25) is 0 Å². The van der Waals surface area contributed by atoms with E-state index < -0.39 is 0 Å². The Labute approximate surface area is 71.0 Å². The summed E-state index contributed by atoms with van der Waals surface area (Å²) >= 11 is 0. The molecule has 11 heavy (non-hydrogen) atoms. The quantitative estimate of drug-likeness (QED) is 0.526. The van der Waals surface area contributed by atoms with E-state index in [4.69, 9.17) is 0 Å². The molecule has 0 saturated heterocycles. The van der Waals surface area contributed by atoms with E-state index in [-0.39, 0.29) is 0 Å². The minimum atomic E-state index is 0.606. The lowest BCUT2D eigenvalue weighted by Crippen LogP contribution is -1.98. The maximum atomic E-state index is 3.93. The lowest BCUT2D eigenvalue weighted by atomic mass is 9.94. The van der Waals surface area contributed by atoms with Crippen LogP contribution in [0.25, 0.3) is 0 Å². The molecule has 0 aliphatic heterocycles. The standard InChI is InChI=1S/C11H20/c1-6-10(4)11(5)8-7-9(2)3/h6,9,11H,1,4,7-8H2,2-3,5H3. The third-order valence-corrected chi connectivity index (χ3v) is 2.07. The van der Waals surface area contributed by atoms with Gasteiger partial charge in [-0.1, -0.05) is 52.0 Å². The van der Waals surface area contributed by atoms with Crippen molar-refractivity contribution in [2.24, 2.45) is 11.8 Å². The van der Waals surface area contributed by atoms with E-state index >= 15 is 0 Å². The molecule has 0 saturated carbocycles. The van der Waals surface area contributed by atoms with Gasteiger partial charge in [0.05, 0.1) is 0 Å².